The second kappa shape index (κ2) is 7.47. The number of hydrogen-bond acceptors (Lipinski definition) is 4. The van der Waals surface area contributed by atoms with Crippen molar-refractivity contribution in [2.45, 2.75) is 40.0 Å². The fourth-order valence-electron chi connectivity index (χ4n) is 3.01. The number of aryl methyl sites for hydroxylation is 3. The van der Waals surface area contributed by atoms with Gasteiger partial charge in [0, 0.05) is 17.5 Å². The van der Waals surface area contributed by atoms with Crippen molar-refractivity contribution < 1.29 is 4.79 Å². The summed E-state index contributed by atoms with van der Waals surface area (Å²) in [5.41, 5.74) is 3.50. The van der Waals surface area contributed by atoms with Crippen molar-refractivity contribution in [1.29, 1.82) is 0 Å². The molecule has 26 heavy (non-hydrogen) atoms. The first-order chi connectivity index (χ1) is 12.5. The lowest BCUT2D eigenvalue weighted by Crippen LogP contribution is -2.22. The first-order valence-electron chi connectivity index (χ1n) is 8.73. The Balaban J connectivity index is 1.92. The van der Waals surface area contributed by atoms with Gasteiger partial charge in [-0.2, -0.15) is 9.78 Å². The molecule has 0 aliphatic heterocycles. The molecule has 1 atom stereocenters. The lowest BCUT2D eigenvalue weighted by Gasteiger charge is -2.16. The van der Waals surface area contributed by atoms with Gasteiger partial charge in [-0.15, -0.1) is 0 Å². The maximum atomic E-state index is 12.9. The Hall–Kier alpha value is -3.02. The third-order valence-electron chi connectivity index (χ3n) is 4.17. The molecule has 0 aliphatic rings. The van der Waals surface area contributed by atoms with E-state index in [4.69, 9.17) is 0 Å². The standard InChI is InChI=1S/C20H23N5O/c1-5-17(16-9-7-6-8-10-16)19(26)23-18-12-15(4)24-25(18)20-21-13(2)11-14(3)22-20/h6-12,17H,5H2,1-4H3,(H,23,26)/t17-/m0/s1. The van der Waals surface area contributed by atoms with Gasteiger partial charge in [-0.1, -0.05) is 37.3 Å². The van der Waals surface area contributed by atoms with Gasteiger partial charge < -0.3 is 5.32 Å². The van der Waals surface area contributed by atoms with Crippen molar-refractivity contribution in [2.75, 3.05) is 5.32 Å². The monoisotopic (exact) mass is 349 g/mol. The Kier molecular flexibility index (Phi) is 5.11. The molecule has 6 nitrogen and oxygen atoms in total. The van der Waals surface area contributed by atoms with E-state index in [9.17, 15) is 4.79 Å². The summed E-state index contributed by atoms with van der Waals surface area (Å²) in [6.07, 6.45) is 0.711. The number of hydrogen-bond donors (Lipinski definition) is 1. The van der Waals surface area contributed by atoms with Gasteiger partial charge in [-0.3, -0.25) is 4.79 Å². The van der Waals surface area contributed by atoms with Gasteiger partial charge in [0.25, 0.3) is 5.95 Å². The maximum absolute atomic E-state index is 12.9. The second-order valence-corrected chi connectivity index (χ2v) is 6.39. The third-order valence-corrected chi connectivity index (χ3v) is 4.17. The Morgan fingerprint density at radius 2 is 1.69 bits per heavy atom. The van der Waals surface area contributed by atoms with Gasteiger partial charge in [0.05, 0.1) is 11.6 Å². The van der Waals surface area contributed by atoms with Gasteiger partial charge >= 0.3 is 0 Å². The van der Waals surface area contributed by atoms with Crippen LogP contribution in [0.25, 0.3) is 5.95 Å². The van der Waals surface area contributed by atoms with Crippen molar-refractivity contribution in [3.63, 3.8) is 0 Å². The molecule has 0 unspecified atom stereocenters. The van der Waals surface area contributed by atoms with E-state index < -0.39 is 0 Å². The Labute approximate surface area is 153 Å². The van der Waals surface area contributed by atoms with Crippen LogP contribution in [0.3, 0.4) is 0 Å². The minimum absolute atomic E-state index is 0.0655. The molecule has 0 saturated carbocycles. The average Bonchev–Trinajstić information content (AvgIpc) is 2.96. The van der Waals surface area contributed by atoms with E-state index in [1.165, 1.54) is 0 Å². The van der Waals surface area contributed by atoms with Gasteiger partial charge in [-0.25, -0.2) is 9.97 Å². The highest BCUT2D eigenvalue weighted by atomic mass is 16.2. The fourth-order valence-corrected chi connectivity index (χ4v) is 3.01. The molecule has 3 aromatic rings. The number of nitrogens with one attached hydrogen (secondary N) is 1. The molecule has 0 spiro atoms. The molecular formula is C20H23N5O. The summed E-state index contributed by atoms with van der Waals surface area (Å²) in [7, 11) is 0. The van der Waals surface area contributed by atoms with E-state index in [-0.39, 0.29) is 11.8 Å². The number of carbonyl (C=O) groups excluding carboxylic acids is 1. The molecule has 1 N–H and O–H groups in total. The van der Waals surface area contributed by atoms with E-state index in [0.29, 0.717) is 18.2 Å². The van der Waals surface area contributed by atoms with Crippen LogP contribution in [0, 0.1) is 20.8 Å². The van der Waals surface area contributed by atoms with Crippen molar-refractivity contribution >= 4 is 11.7 Å². The third kappa shape index (κ3) is 3.79. The van der Waals surface area contributed by atoms with E-state index in [1.807, 2.05) is 70.2 Å². The molecule has 1 amide bonds. The lowest BCUT2D eigenvalue weighted by molar-refractivity contribution is -0.117. The lowest BCUT2D eigenvalue weighted by atomic mass is 9.96. The molecule has 6 heteroatoms. The smallest absolute Gasteiger partial charge is 0.252 e. The molecule has 0 bridgehead atoms. The normalized spacial score (nSPS) is 12.0. The summed E-state index contributed by atoms with van der Waals surface area (Å²) < 4.78 is 1.59. The first-order valence-corrected chi connectivity index (χ1v) is 8.73. The van der Waals surface area contributed by atoms with Crippen molar-refractivity contribution in [1.82, 2.24) is 19.7 Å². The zero-order chi connectivity index (χ0) is 18.7. The predicted molar refractivity (Wildman–Crippen MR) is 101 cm³/mol. The predicted octanol–water partition coefficient (Wildman–Crippen LogP) is 3.72. The summed E-state index contributed by atoms with van der Waals surface area (Å²) in [4.78, 5) is 21.8. The van der Waals surface area contributed by atoms with Crippen LogP contribution in [-0.2, 0) is 4.79 Å². The van der Waals surface area contributed by atoms with Gasteiger partial charge in [0.2, 0.25) is 5.91 Å². The largest absolute Gasteiger partial charge is 0.310 e. The van der Waals surface area contributed by atoms with Gasteiger partial charge in [0.1, 0.15) is 5.82 Å². The molecule has 0 radical (unpaired) electrons. The molecule has 134 valence electrons. The molecule has 0 fully saturated rings. The topological polar surface area (TPSA) is 72.7 Å². The first kappa shape index (κ1) is 17.8. The molecule has 0 aliphatic carbocycles. The van der Waals surface area contributed by atoms with E-state index in [2.05, 4.69) is 20.4 Å². The van der Waals surface area contributed by atoms with Crippen LogP contribution < -0.4 is 5.32 Å². The van der Waals surface area contributed by atoms with E-state index in [1.54, 1.807) is 4.68 Å². The zero-order valence-corrected chi connectivity index (χ0v) is 15.5. The second-order valence-electron chi connectivity index (χ2n) is 6.39. The van der Waals surface area contributed by atoms with Crippen LogP contribution in [0.1, 0.15) is 41.9 Å². The Bertz CT molecular complexity index is 897. The number of nitrogens with zero attached hydrogens (tertiary/aromatic N) is 4. The van der Waals surface area contributed by atoms with Crippen molar-refractivity contribution in [2.24, 2.45) is 0 Å². The van der Waals surface area contributed by atoms with Crippen molar-refractivity contribution in [3.05, 3.63) is 65.1 Å². The fraction of sp³-hybridized carbons (Fsp3) is 0.300. The minimum Gasteiger partial charge on any atom is -0.310 e. The van der Waals surface area contributed by atoms with Crippen molar-refractivity contribution in [3.8, 4) is 5.95 Å². The number of benzene rings is 1. The molecule has 2 heterocycles. The molecule has 2 aromatic heterocycles. The van der Waals surface area contributed by atoms with Crippen LogP contribution in [0.4, 0.5) is 5.82 Å². The summed E-state index contributed by atoms with van der Waals surface area (Å²) in [6, 6.07) is 13.5. The number of carbonyl (C=O) groups is 1. The Morgan fingerprint density at radius 1 is 1.04 bits per heavy atom. The maximum Gasteiger partial charge on any atom is 0.252 e. The highest BCUT2D eigenvalue weighted by Crippen LogP contribution is 2.23. The van der Waals surface area contributed by atoms with Crippen LogP contribution in [0.2, 0.25) is 0 Å². The zero-order valence-electron chi connectivity index (χ0n) is 15.5. The summed E-state index contributed by atoms with van der Waals surface area (Å²) in [5, 5.41) is 7.45. The summed E-state index contributed by atoms with van der Waals surface area (Å²) in [5.74, 6) is 0.745. The quantitative estimate of drug-likeness (QED) is 0.762. The Morgan fingerprint density at radius 3 is 2.31 bits per heavy atom. The number of amides is 1. The summed E-state index contributed by atoms with van der Waals surface area (Å²) in [6.45, 7) is 7.71. The highest BCUT2D eigenvalue weighted by Gasteiger charge is 2.21. The molecule has 3 rings (SSSR count). The molecule has 1 aromatic carbocycles. The van der Waals surface area contributed by atoms with Crippen LogP contribution >= 0.6 is 0 Å². The number of anilines is 1. The van der Waals surface area contributed by atoms with Crippen LogP contribution in [0.15, 0.2) is 42.5 Å². The average molecular weight is 349 g/mol. The van der Waals surface area contributed by atoms with Crippen LogP contribution in [0.5, 0.6) is 0 Å². The van der Waals surface area contributed by atoms with E-state index in [0.717, 1.165) is 22.6 Å². The molecular weight excluding hydrogens is 326 g/mol. The summed E-state index contributed by atoms with van der Waals surface area (Å²) >= 11 is 0. The number of rotatable bonds is 5. The van der Waals surface area contributed by atoms with Crippen LogP contribution in [-0.4, -0.2) is 25.7 Å². The van der Waals surface area contributed by atoms with E-state index >= 15 is 0 Å². The number of aromatic nitrogens is 4. The highest BCUT2D eigenvalue weighted by molar-refractivity contribution is 5.95. The SMILES string of the molecule is CC[C@H](C(=O)Nc1cc(C)nn1-c1nc(C)cc(C)n1)c1ccccc1. The van der Waals surface area contributed by atoms with Gasteiger partial charge in [0.15, 0.2) is 0 Å². The molecule has 0 saturated heterocycles. The minimum atomic E-state index is -0.222. The van der Waals surface area contributed by atoms with Gasteiger partial charge in [-0.05, 0) is 38.8 Å².